The highest BCUT2D eigenvalue weighted by Gasteiger charge is 2.17. The lowest BCUT2D eigenvalue weighted by molar-refractivity contribution is -0.147. The van der Waals surface area contributed by atoms with Crippen LogP contribution in [0.15, 0.2) is 42.5 Å². The van der Waals surface area contributed by atoms with Crippen molar-refractivity contribution in [1.29, 1.82) is 0 Å². The highest BCUT2D eigenvalue weighted by atomic mass is 16.6. The third-order valence-electron chi connectivity index (χ3n) is 2.51. The average molecular weight is 322 g/mol. The van der Waals surface area contributed by atoms with Gasteiger partial charge in [-0.1, -0.05) is 18.2 Å². The zero-order valence-electron chi connectivity index (χ0n) is 12.6. The van der Waals surface area contributed by atoms with Gasteiger partial charge in [-0.2, -0.15) is 0 Å². The van der Waals surface area contributed by atoms with Gasteiger partial charge in [0.2, 0.25) is 0 Å². The summed E-state index contributed by atoms with van der Waals surface area (Å²) in [6.07, 6.45) is 0.306. The molecule has 0 fully saturated rings. The number of aliphatic hydroxyl groups excluding tert-OH is 1. The van der Waals surface area contributed by atoms with Gasteiger partial charge in [-0.05, 0) is 19.1 Å². The smallest absolute Gasteiger partial charge is 0.340 e. The van der Waals surface area contributed by atoms with Crippen molar-refractivity contribution in [1.82, 2.24) is 0 Å². The maximum absolute atomic E-state index is 11.6. The van der Waals surface area contributed by atoms with E-state index in [-0.39, 0.29) is 19.6 Å². The van der Waals surface area contributed by atoms with Gasteiger partial charge in [0.15, 0.2) is 6.10 Å². The van der Waals surface area contributed by atoms with Crippen molar-refractivity contribution in [3.05, 3.63) is 42.5 Å². The molecule has 23 heavy (non-hydrogen) atoms. The van der Waals surface area contributed by atoms with Crippen LogP contribution in [-0.2, 0) is 23.9 Å². The maximum atomic E-state index is 11.6. The molecule has 7 heteroatoms. The van der Waals surface area contributed by atoms with Crippen LogP contribution in [0.5, 0.6) is 5.75 Å². The molecule has 0 aliphatic rings. The molecule has 1 unspecified atom stereocenters. The fourth-order valence-electron chi connectivity index (χ4n) is 1.44. The number of carbonyl (C=O) groups is 3. The fraction of sp³-hybridized carbons (Fsp3) is 0.312. The Morgan fingerprint density at radius 1 is 1.09 bits per heavy atom. The molecule has 0 heterocycles. The van der Waals surface area contributed by atoms with E-state index in [2.05, 4.69) is 4.74 Å². The van der Waals surface area contributed by atoms with E-state index in [0.717, 1.165) is 12.2 Å². The Morgan fingerprint density at radius 2 is 1.70 bits per heavy atom. The summed E-state index contributed by atoms with van der Waals surface area (Å²) >= 11 is 0. The number of aliphatic hydroxyl groups is 1. The van der Waals surface area contributed by atoms with Crippen molar-refractivity contribution in [2.45, 2.75) is 19.4 Å². The molecule has 1 rings (SSSR count). The minimum Gasteiger partial charge on any atom is -0.463 e. The number of rotatable bonds is 8. The molecule has 0 aliphatic carbocycles. The summed E-state index contributed by atoms with van der Waals surface area (Å²) in [5.74, 6) is -1.96. The fourth-order valence-corrected chi connectivity index (χ4v) is 1.44. The van der Waals surface area contributed by atoms with E-state index in [4.69, 9.17) is 9.47 Å². The molecule has 0 aromatic heterocycles. The van der Waals surface area contributed by atoms with Crippen molar-refractivity contribution in [2.75, 3.05) is 13.2 Å². The first-order valence-electron chi connectivity index (χ1n) is 6.99. The minimum absolute atomic E-state index is 0.120. The molecule has 1 N–H and O–H groups in total. The van der Waals surface area contributed by atoms with E-state index in [0.29, 0.717) is 5.75 Å². The Bertz CT molecular complexity index is 551. The van der Waals surface area contributed by atoms with E-state index < -0.39 is 24.0 Å². The quantitative estimate of drug-likeness (QED) is 0.433. The van der Waals surface area contributed by atoms with Crippen molar-refractivity contribution >= 4 is 17.9 Å². The molecule has 0 amide bonds. The first kappa shape index (κ1) is 18.4. The van der Waals surface area contributed by atoms with Crippen LogP contribution in [0.1, 0.15) is 13.3 Å². The zero-order valence-corrected chi connectivity index (χ0v) is 12.6. The molecule has 7 nitrogen and oxygen atoms in total. The molecule has 0 spiro atoms. The zero-order chi connectivity index (χ0) is 17.1. The highest BCUT2D eigenvalue weighted by Crippen LogP contribution is 2.10. The van der Waals surface area contributed by atoms with Crippen LogP contribution in [0.3, 0.4) is 0 Å². The van der Waals surface area contributed by atoms with Gasteiger partial charge < -0.3 is 19.3 Å². The normalized spacial score (nSPS) is 11.7. The second-order valence-corrected chi connectivity index (χ2v) is 4.29. The first-order chi connectivity index (χ1) is 11.0. The van der Waals surface area contributed by atoms with Crippen LogP contribution in [0.2, 0.25) is 0 Å². The monoisotopic (exact) mass is 322 g/mol. The Hall–Kier alpha value is -2.67. The summed E-state index contributed by atoms with van der Waals surface area (Å²) in [6, 6.07) is 8.28. The predicted molar refractivity (Wildman–Crippen MR) is 79.4 cm³/mol. The number of hydrogen-bond acceptors (Lipinski definition) is 7. The van der Waals surface area contributed by atoms with E-state index in [9.17, 15) is 19.5 Å². The summed E-state index contributed by atoms with van der Waals surface area (Å²) < 4.78 is 14.3. The van der Waals surface area contributed by atoms with Crippen LogP contribution in [0.25, 0.3) is 0 Å². The number of para-hydroxylation sites is 1. The van der Waals surface area contributed by atoms with Crippen molar-refractivity contribution < 1.29 is 33.7 Å². The van der Waals surface area contributed by atoms with Crippen LogP contribution < -0.4 is 4.74 Å². The van der Waals surface area contributed by atoms with Crippen LogP contribution in [0, 0.1) is 0 Å². The van der Waals surface area contributed by atoms with Crippen LogP contribution in [-0.4, -0.2) is 42.3 Å². The highest BCUT2D eigenvalue weighted by molar-refractivity contribution is 5.91. The molecule has 1 aromatic rings. The molecule has 0 aliphatic heterocycles. The van der Waals surface area contributed by atoms with Crippen molar-refractivity contribution in [2.24, 2.45) is 0 Å². The standard InChI is InChI=1S/C16H18O7/c1-2-21-14(18)8-9-15(19)22-11-10-13(17)16(20)23-12-6-4-3-5-7-12/h3-9,13,17H,2,10-11H2,1H3. The number of carbonyl (C=O) groups excluding carboxylic acids is 3. The van der Waals surface area contributed by atoms with E-state index in [1.54, 1.807) is 37.3 Å². The van der Waals surface area contributed by atoms with Gasteiger partial charge in [-0.25, -0.2) is 14.4 Å². The van der Waals surface area contributed by atoms with E-state index >= 15 is 0 Å². The molecule has 1 aromatic carbocycles. The van der Waals surface area contributed by atoms with E-state index in [1.807, 2.05) is 0 Å². The average Bonchev–Trinajstić information content (AvgIpc) is 2.54. The lowest BCUT2D eigenvalue weighted by atomic mass is 10.2. The molecule has 0 saturated heterocycles. The van der Waals surface area contributed by atoms with Gasteiger partial charge in [0.25, 0.3) is 0 Å². The van der Waals surface area contributed by atoms with Gasteiger partial charge in [0.1, 0.15) is 5.75 Å². The number of benzene rings is 1. The summed E-state index contributed by atoms with van der Waals surface area (Å²) in [5, 5.41) is 9.62. The van der Waals surface area contributed by atoms with Gasteiger partial charge in [-0.15, -0.1) is 0 Å². The van der Waals surface area contributed by atoms with E-state index in [1.165, 1.54) is 0 Å². The molecule has 0 radical (unpaired) electrons. The van der Waals surface area contributed by atoms with Gasteiger partial charge >= 0.3 is 17.9 Å². The summed E-state index contributed by atoms with van der Waals surface area (Å²) in [5.41, 5.74) is 0. The second-order valence-electron chi connectivity index (χ2n) is 4.29. The Kier molecular flexibility index (Phi) is 8.09. The molecule has 0 bridgehead atoms. The summed E-state index contributed by atoms with van der Waals surface area (Å²) in [7, 11) is 0. The number of ether oxygens (including phenoxy) is 3. The molecule has 0 saturated carbocycles. The van der Waals surface area contributed by atoms with Crippen LogP contribution in [0.4, 0.5) is 0 Å². The predicted octanol–water partition coefficient (Wildman–Crippen LogP) is 1.01. The molecule has 1 atom stereocenters. The Morgan fingerprint density at radius 3 is 2.30 bits per heavy atom. The second kappa shape index (κ2) is 10.1. The topological polar surface area (TPSA) is 99.1 Å². The van der Waals surface area contributed by atoms with Gasteiger partial charge in [-0.3, -0.25) is 0 Å². The Labute approximate surface area is 133 Å². The number of esters is 3. The lowest BCUT2D eigenvalue weighted by Crippen LogP contribution is -2.27. The largest absolute Gasteiger partial charge is 0.463 e. The third-order valence-corrected chi connectivity index (χ3v) is 2.51. The summed E-state index contributed by atoms with van der Waals surface area (Å²) in [6.45, 7) is 1.64. The Balaban J connectivity index is 2.27. The molecule has 124 valence electrons. The van der Waals surface area contributed by atoms with Gasteiger partial charge in [0, 0.05) is 18.6 Å². The SMILES string of the molecule is CCOC(=O)C=CC(=O)OCCC(O)C(=O)Oc1ccccc1. The van der Waals surface area contributed by atoms with Gasteiger partial charge in [0.05, 0.1) is 13.2 Å². The molecular formula is C16H18O7. The van der Waals surface area contributed by atoms with Crippen molar-refractivity contribution in [3.63, 3.8) is 0 Å². The third kappa shape index (κ3) is 7.77. The summed E-state index contributed by atoms with van der Waals surface area (Å²) in [4.78, 5) is 33.8. The van der Waals surface area contributed by atoms with Crippen LogP contribution >= 0.6 is 0 Å². The molecular weight excluding hydrogens is 304 g/mol. The number of hydrogen-bond donors (Lipinski definition) is 1. The lowest BCUT2D eigenvalue weighted by Gasteiger charge is -2.10. The minimum atomic E-state index is -1.42. The van der Waals surface area contributed by atoms with Crippen molar-refractivity contribution in [3.8, 4) is 5.75 Å². The first-order valence-corrected chi connectivity index (χ1v) is 6.99. The maximum Gasteiger partial charge on any atom is 0.340 e.